The molecule has 21 heavy (non-hydrogen) atoms. The van der Waals surface area contributed by atoms with E-state index in [9.17, 15) is 4.79 Å². The summed E-state index contributed by atoms with van der Waals surface area (Å²) in [6.07, 6.45) is 1.13. The lowest BCUT2D eigenvalue weighted by Crippen LogP contribution is -2.48. The minimum absolute atomic E-state index is 0.0801. The highest BCUT2D eigenvalue weighted by molar-refractivity contribution is 5.81. The van der Waals surface area contributed by atoms with E-state index in [1.165, 1.54) is 0 Å². The Kier molecular flexibility index (Phi) is 6.21. The van der Waals surface area contributed by atoms with E-state index in [1.807, 2.05) is 52.0 Å². The number of rotatable bonds is 7. The van der Waals surface area contributed by atoms with Crippen molar-refractivity contribution in [1.82, 2.24) is 5.32 Å². The van der Waals surface area contributed by atoms with Gasteiger partial charge in [-0.25, -0.2) is 0 Å². The lowest BCUT2D eigenvalue weighted by molar-refractivity contribution is -0.129. The molecule has 0 aliphatic heterocycles. The van der Waals surface area contributed by atoms with Gasteiger partial charge in [-0.05, 0) is 39.7 Å². The quantitative estimate of drug-likeness (QED) is 0.811. The first-order chi connectivity index (χ1) is 9.80. The molecule has 0 saturated carbocycles. The van der Waals surface area contributed by atoms with Crippen LogP contribution in [0.25, 0.3) is 0 Å². The molecule has 3 N–H and O–H groups in total. The molecule has 4 nitrogen and oxygen atoms in total. The average molecular weight is 292 g/mol. The summed E-state index contributed by atoms with van der Waals surface area (Å²) < 4.78 is 5.83. The molecule has 1 aromatic rings. The molecule has 0 fully saturated rings. The second-order valence-corrected chi connectivity index (χ2v) is 6.04. The van der Waals surface area contributed by atoms with Crippen LogP contribution >= 0.6 is 0 Å². The van der Waals surface area contributed by atoms with Gasteiger partial charge in [0.15, 0.2) is 6.10 Å². The van der Waals surface area contributed by atoms with Gasteiger partial charge in [0.1, 0.15) is 5.75 Å². The van der Waals surface area contributed by atoms with E-state index in [-0.39, 0.29) is 17.5 Å². The number of hydrogen-bond acceptors (Lipinski definition) is 3. The van der Waals surface area contributed by atoms with Crippen LogP contribution in [-0.4, -0.2) is 17.6 Å². The maximum Gasteiger partial charge on any atom is 0.261 e. The van der Waals surface area contributed by atoms with Gasteiger partial charge in [-0.2, -0.15) is 0 Å². The summed E-state index contributed by atoms with van der Waals surface area (Å²) in [4.78, 5) is 12.2. The number of nitrogens with two attached hydrogens (primary N) is 1. The van der Waals surface area contributed by atoms with Crippen molar-refractivity contribution >= 4 is 5.91 Å². The molecule has 0 aliphatic carbocycles. The fourth-order valence-electron chi connectivity index (χ4n) is 1.88. The zero-order chi connectivity index (χ0) is 16.0. The van der Waals surface area contributed by atoms with Gasteiger partial charge in [-0.3, -0.25) is 4.79 Å². The first kappa shape index (κ1) is 17.5. The number of para-hydroxylation sites is 1. The van der Waals surface area contributed by atoms with Crippen molar-refractivity contribution in [2.45, 2.75) is 65.1 Å². The Morgan fingerprint density at radius 1 is 1.33 bits per heavy atom. The van der Waals surface area contributed by atoms with Crippen LogP contribution in [0.2, 0.25) is 0 Å². The molecule has 1 aromatic carbocycles. The highest BCUT2D eigenvalue weighted by Gasteiger charge is 2.23. The van der Waals surface area contributed by atoms with E-state index in [2.05, 4.69) is 5.32 Å². The molecule has 0 bridgehead atoms. The molecular formula is C17H28N2O2. The molecule has 1 unspecified atom stereocenters. The third-order valence-electron chi connectivity index (χ3n) is 3.78. The van der Waals surface area contributed by atoms with Gasteiger partial charge in [-0.1, -0.05) is 32.0 Å². The zero-order valence-corrected chi connectivity index (χ0v) is 13.8. The number of amides is 1. The van der Waals surface area contributed by atoms with E-state index >= 15 is 0 Å². The standard InChI is InChI=1S/C17H28N2O2/c1-6-14(18)13-10-8-9-11-15(13)21-12(3)16(20)19-17(4,5)7-2/h8-12,14H,6-7,18H2,1-5H3,(H,19,20)/t12?,14-/m1/s1. The molecule has 0 heterocycles. The van der Waals surface area contributed by atoms with Crippen LogP contribution in [0, 0.1) is 0 Å². The maximum atomic E-state index is 12.2. The largest absolute Gasteiger partial charge is 0.481 e. The number of carbonyl (C=O) groups excluding carboxylic acids is 1. The smallest absolute Gasteiger partial charge is 0.261 e. The summed E-state index contributed by atoms with van der Waals surface area (Å²) in [5.41, 5.74) is 6.80. The van der Waals surface area contributed by atoms with Gasteiger partial charge in [-0.15, -0.1) is 0 Å². The van der Waals surface area contributed by atoms with E-state index in [4.69, 9.17) is 10.5 Å². The van der Waals surface area contributed by atoms with Gasteiger partial charge in [0.25, 0.3) is 5.91 Å². The molecule has 1 rings (SSSR count). The van der Waals surface area contributed by atoms with Gasteiger partial charge >= 0.3 is 0 Å². The molecule has 118 valence electrons. The van der Waals surface area contributed by atoms with Crippen LogP contribution < -0.4 is 15.8 Å². The predicted octanol–water partition coefficient (Wildman–Crippen LogP) is 3.17. The SMILES string of the molecule is CC[C@@H](N)c1ccccc1OC(C)C(=O)NC(C)(C)CC. The molecule has 0 saturated heterocycles. The van der Waals surface area contributed by atoms with Crippen molar-refractivity contribution in [2.24, 2.45) is 5.73 Å². The first-order valence-corrected chi connectivity index (χ1v) is 7.64. The molecule has 1 amide bonds. The number of nitrogens with one attached hydrogen (secondary N) is 1. The van der Waals surface area contributed by atoms with E-state index in [0.717, 1.165) is 18.4 Å². The van der Waals surface area contributed by atoms with Crippen LogP contribution in [0.3, 0.4) is 0 Å². The Bertz CT molecular complexity index is 472. The molecule has 2 atom stereocenters. The second kappa shape index (κ2) is 7.46. The third kappa shape index (κ3) is 5.05. The van der Waals surface area contributed by atoms with Crippen LogP contribution in [0.4, 0.5) is 0 Å². The molecule has 0 radical (unpaired) electrons. The first-order valence-electron chi connectivity index (χ1n) is 7.64. The summed E-state index contributed by atoms with van der Waals surface area (Å²) in [5, 5.41) is 2.99. The number of benzene rings is 1. The number of ether oxygens (including phenoxy) is 1. The Labute approximate surface area is 128 Å². The van der Waals surface area contributed by atoms with Crippen molar-refractivity contribution in [3.8, 4) is 5.75 Å². The topological polar surface area (TPSA) is 64.3 Å². The fraction of sp³-hybridized carbons (Fsp3) is 0.588. The monoisotopic (exact) mass is 292 g/mol. The highest BCUT2D eigenvalue weighted by atomic mass is 16.5. The van der Waals surface area contributed by atoms with Crippen molar-refractivity contribution in [3.05, 3.63) is 29.8 Å². The Balaban J connectivity index is 2.79. The second-order valence-electron chi connectivity index (χ2n) is 6.04. The van der Waals surface area contributed by atoms with Crippen LogP contribution in [0.15, 0.2) is 24.3 Å². The maximum absolute atomic E-state index is 12.2. The van der Waals surface area contributed by atoms with Gasteiger partial charge in [0.05, 0.1) is 0 Å². The molecule has 0 aliphatic rings. The summed E-state index contributed by atoms with van der Waals surface area (Å²) in [5.74, 6) is 0.575. The predicted molar refractivity (Wildman–Crippen MR) is 86.3 cm³/mol. The Hall–Kier alpha value is -1.55. The van der Waals surface area contributed by atoms with E-state index in [1.54, 1.807) is 6.92 Å². The average Bonchev–Trinajstić information content (AvgIpc) is 2.46. The molecule has 4 heteroatoms. The van der Waals surface area contributed by atoms with E-state index < -0.39 is 6.10 Å². The van der Waals surface area contributed by atoms with Gasteiger partial charge < -0.3 is 15.8 Å². The minimum Gasteiger partial charge on any atom is -0.481 e. The number of hydrogen-bond donors (Lipinski definition) is 2. The molecule has 0 spiro atoms. The lowest BCUT2D eigenvalue weighted by Gasteiger charge is -2.27. The van der Waals surface area contributed by atoms with Crippen molar-refractivity contribution in [2.75, 3.05) is 0 Å². The molecule has 0 aromatic heterocycles. The van der Waals surface area contributed by atoms with Crippen molar-refractivity contribution in [3.63, 3.8) is 0 Å². The Morgan fingerprint density at radius 3 is 2.52 bits per heavy atom. The zero-order valence-electron chi connectivity index (χ0n) is 13.8. The van der Waals surface area contributed by atoms with Crippen molar-refractivity contribution < 1.29 is 9.53 Å². The van der Waals surface area contributed by atoms with Crippen LogP contribution in [0.5, 0.6) is 5.75 Å². The summed E-state index contributed by atoms with van der Waals surface area (Å²) in [6.45, 7) is 9.83. The normalized spacial score (nSPS) is 14.4. The Morgan fingerprint density at radius 2 is 1.95 bits per heavy atom. The highest BCUT2D eigenvalue weighted by Crippen LogP contribution is 2.26. The summed E-state index contributed by atoms with van der Waals surface area (Å²) in [6, 6.07) is 7.55. The third-order valence-corrected chi connectivity index (χ3v) is 3.78. The van der Waals surface area contributed by atoms with Crippen molar-refractivity contribution in [1.29, 1.82) is 0 Å². The number of carbonyl (C=O) groups is 1. The lowest BCUT2D eigenvalue weighted by atomic mass is 10.0. The van der Waals surface area contributed by atoms with E-state index in [0.29, 0.717) is 5.75 Å². The summed E-state index contributed by atoms with van der Waals surface area (Å²) in [7, 11) is 0. The minimum atomic E-state index is -0.555. The van der Waals surface area contributed by atoms with Gasteiger partial charge in [0, 0.05) is 17.1 Å². The van der Waals surface area contributed by atoms with Crippen LogP contribution in [-0.2, 0) is 4.79 Å². The summed E-state index contributed by atoms with van der Waals surface area (Å²) >= 11 is 0. The fourth-order valence-corrected chi connectivity index (χ4v) is 1.88. The van der Waals surface area contributed by atoms with Crippen LogP contribution in [0.1, 0.15) is 59.1 Å². The molecular weight excluding hydrogens is 264 g/mol. The van der Waals surface area contributed by atoms with Gasteiger partial charge in [0.2, 0.25) is 0 Å².